The van der Waals surface area contributed by atoms with Crippen molar-refractivity contribution in [2.24, 2.45) is 0 Å². The Morgan fingerprint density at radius 3 is 2.49 bits per heavy atom. The van der Waals surface area contributed by atoms with E-state index in [4.69, 9.17) is 18.9 Å². The van der Waals surface area contributed by atoms with Crippen molar-refractivity contribution < 1.29 is 23.7 Å². The maximum Gasteiger partial charge on any atom is 0.247 e. The number of aromatic nitrogens is 1. The van der Waals surface area contributed by atoms with Gasteiger partial charge in [0.25, 0.3) is 0 Å². The lowest BCUT2D eigenvalue weighted by Crippen LogP contribution is -2.59. The quantitative estimate of drug-likeness (QED) is 0.195. The molecule has 1 saturated carbocycles. The Balaban J connectivity index is 1.23. The number of aryl methyl sites for hydroxylation is 1. The molecule has 1 aliphatic carbocycles. The van der Waals surface area contributed by atoms with Gasteiger partial charge in [0.05, 0.1) is 19.9 Å². The number of amides is 1. The molecule has 4 aromatic rings. The monoisotopic (exact) mass is 612 g/mol. The summed E-state index contributed by atoms with van der Waals surface area (Å²) in [5.74, 6) is 2.34. The Morgan fingerprint density at radius 2 is 1.73 bits per heavy atom. The average molecular weight is 613 g/mol. The summed E-state index contributed by atoms with van der Waals surface area (Å²) >= 11 is 0. The predicted octanol–water partition coefficient (Wildman–Crippen LogP) is 5.24. The zero-order valence-corrected chi connectivity index (χ0v) is 26.5. The van der Waals surface area contributed by atoms with E-state index in [1.54, 1.807) is 21.3 Å². The lowest BCUT2D eigenvalue weighted by atomic mass is 10.1. The fraction of sp³-hybridized carbons (Fsp3) is 0.417. The normalized spacial score (nSPS) is 16.5. The van der Waals surface area contributed by atoms with E-state index in [1.165, 1.54) is 16.5 Å². The summed E-state index contributed by atoms with van der Waals surface area (Å²) in [5.41, 5.74) is 4.26. The third-order valence-electron chi connectivity index (χ3n) is 8.74. The highest BCUT2D eigenvalue weighted by Gasteiger charge is 2.40. The smallest absolute Gasteiger partial charge is 0.247 e. The van der Waals surface area contributed by atoms with Gasteiger partial charge in [-0.3, -0.25) is 4.79 Å². The Bertz CT molecular complexity index is 1580. The van der Waals surface area contributed by atoms with Gasteiger partial charge >= 0.3 is 0 Å². The average Bonchev–Trinajstić information content (AvgIpc) is 3.88. The Labute approximate surface area is 265 Å². The van der Waals surface area contributed by atoms with E-state index >= 15 is 0 Å². The minimum atomic E-state index is -0.337. The van der Waals surface area contributed by atoms with E-state index in [1.807, 2.05) is 36.4 Å². The third kappa shape index (κ3) is 7.05. The third-order valence-corrected chi connectivity index (χ3v) is 8.74. The molecule has 238 valence electrons. The van der Waals surface area contributed by atoms with Gasteiger partial charge in [0.1, 0.15) is 29.9 Å². The summed E-state index contributed by atoms with van der Waals surface area (Å²) in [7, 11) is 5.02. The van der Waals surface area contributed by atoms with Crippen LogP contribution in [0.4, 0.5) is 5.69 Å². The first-order chi connectivity index (χ1) is 22.1. The van der Waals surface area contributed by atoms with Crippen LogP contribution in [-0.4, -0.2) is 75.0 Å². The first kappa shape index (κ1) is 30.8. The molecule has 0 spiro atoms. The SMILES string of the molecule is COCCCn1cc(CN(C(=O)C2CNCCN2c2ccccc2OCc2cc(OC)cc(OC)c2)C2CC2)c2ccccc21. The van der Waals surface area contributed by atoms with Gasteiger partial charge in [-0.15, -0.1) is 0 Å². The molecule has 2 fully saturated rings. The predicted molar refractivity (Wildman–Crippen MR) is 176 cm³/mol. The number of methoxy groups -OCH3 is 3. The summed E-state index contributed by atoms with van der Waals surface area (Å²) in [6.07, 6.45) is 5.26. The van der Waals surface area contributed by atoms with Gasteiger partial charge < -0.3 is 38.6 Å². The second kappa shape index (κ2) is 14.3. The topological polar surface area (TPSA) is 77.4 Å². The summed E-state index contributed by atoms with van der Waals surface area (Å²) in [6, 6.07) is 22.2. The van der Waals surface area contributed by atoms with Gasteiger partial charge in [-0.05, 0) is 60.7 Å². The number of para-hydroxylation sites is 3. The minimum Gasteiger partial charge on any atom is -0.497 e. The number of nitrogens with zero attached hydrogens (tertiary/aromatic N) is 3. The number of nitrogens with one attached hydrogen (secondary N) is 1. The number of rotatable bonds is 14. The molecule has 6 rings (SSSR count). The van der Waals surface area contributed by atoms with Crippen LogP contribution in [0.2, 0.25) is 0 Å². The van der Waals surface area contributed by atoms with E-state index in [9.17, 15) is 4.79 Å². The largest absolute Gasteiger partial charge is 0.497 e. The second-order valence-electron chi connectivity index (χ2n) is 11.8. The van der Waals surface area contributed by atoms with Crippen LogP contribution >= 0.6 is 0 Å². The van der Waals surface area contributed by atoms with Crippen molar-refractivity contribution in [1.29, 1.82) is 0 Å². The molecular formula is C36H44N4O5. The van der Waals surface area contributed by atoms with Gasteiger partial charge in [-0.2, -0.15) is 0 Å². The molecule has 1 N–H and O–H groups in total. The molecular weight excluding hydrogens is 568 g/mol. The number of hydrogen-bond acceptors (Lipinski definition) is 7. The molecule has 1 aromatic heterocycles. The minimum absolute atomic E-state index is 0.160. The van der Waals surface area contributed by atoms with Gasteiger partial charge in [0, 0.05) is 75.6 Å². The molecule has 2 aliphatic rings. The van der Waals surface area contributed by atoms with Crippen molar-refractivity contribution in [2.75, 3.05) is 52.5 Å². The molecule has 1 unspecified atom stereocenters. The van der Waals surface area contributed by atoms with Crippen LogP contribution in [0.5, 0.6) is 17.2 Å². The van der Waals surface area contributed by atoms with Crippen molar-refractivity contribution in [1.82, 2.24) is 14.8 Å². The summed E-state index contributed by atoms with van der Waals surface area (Å²) in [5, 5.41) is 4.69. The first-order valence-corrected chi connectivity index (χ1v) is 15.9. The highest BCUT2D eigenvalue weighted by Crippen LogP contribution is 2.35. The van der Waals surface area contributed by atoms with Crippen molar-refractivity contribution in [3.05, 3.63) is 84.1 Å². The summed E-state index contributed by atoms with van der Waals surface area (Å²) in [4.78, 5) is 18.9. The maximum atomic E-state index is 14.5. The lowest BCUT2D eigenvalue weighted by molar-refractivity contribution is -0.134. The number of hydrogen-bond donors (Lipinski definition) is 1. The van der Waals surface area contributed by atoms with Crippen LogP contribution in [0.1, 0.15) is 30.4 Å². The number of benzene rings is 3. The molecule has 0 radical (unpaired) electrons. The van der Waals surface area contributed by atoms with E-state index in [0.717, 1.165) is 56.0 Å². The standard InChI is InChI=1S/C36H44N4O5/c1-42-18-8-16-38-23-27(31-9-4-5-10-32(31)38)24-40(28-13-14-28)36(41)34-22-37-15-17-39(34)33-11-6-7-12-35(33)45-25-26-19-29(43-2)21-30(20-26)44-3/h4-7,9-12,19-21,23,28,34,37H,8,13-18,22,24-25H2,1-3H3. The number of carbonyl (C=O) groups excluding carboxylic acids is 1. The van der Waals surface area contributed by atoms with Crippen LogP contribution < -0.4 is 24.4 Å². The van der Waals surface area contributed by atoms with Crippen molar-refractivity contribution in [3.8, 4) is 17.2 Å². The summed E-state index contributed by atoms with van der Waals surface area (Å²) in [6.45, 7) is 4.63. The molecule has 0 bridgehead atoms. The van der Waals surface area contributed by atoms with E-state index in [-0.39, 0.29) is 18.0 Å². The van der Waals surface area contributed by atoms with E-state index in [2.05, 4.69) is 56.2 Å². The van der Waals surface area contributed by atoms with Crippen molar-refractivity contribution in [2.45, 2.75) is 51.0 Å². The van der Waals surface area contributed by atoms with Crippen molar-refractivity contribution >= 4 is 22.5 Å². The highest BCUT2D eigenvalue weighted by molar-refractivity contribution is 5.88. The van der Waals surface area contributed by atoms with Crippen LogP contribution in [0.15, 0.2) is 72.9 Å². The number of carbonyl (C=O) groups is 1. The number of fused-ring (bicyclic) bond motifs is 1. The highest BCUT2D eigenvalue weighted by atomic mass is 16.5. The van der Waals surface area contributed by atoms with E-state index < -0.39 is 0 Å². The molecule has 2 heterocycles. The molecule has 3 aromatic carbocycles. The fourth-order valence-electron chi connectivity index (χ4n) is 6.30. The molecule has 45 heavy (non-hydrogen) atoms. The van der Waals surface area contributed by atoms with Crippen LogP contribution in [0, 0.1) is 0 Å². The first-order valence-electron chi connectivity index (χ1n) is 15.9. The Morgan fingerprint density at radius 1 is 0.978 bits per heavy atom. The zero-order chi connectivity index (χ0) is 31.2. The second-order valence-corrected chi connectivity index (χ2v) is 11.8. The Kier molecular flexibility index (Phi) is 9.76. The van der Waals surface area contributed by atoms with Gasteiger partial charge in [0.15, 0.2) is 0 Å². The van der Waals surface area contributed by atoms with Gasteiger partial charge in [0.2, 0.25) is 5.91 Å². The van der Waals surface area contributed by atoms with Gasteiger partial charge in [-0.1, -0.05) is 30.3 Å². The molecule has 9 heteroatoms. The fourth-order valence-corrected chi connectivity index (χ4v) is 6.30. The molecule has 1 saturated heterocycles. The lowest BCUT2D eigenvalue weighted by Gasteiger charge is -2.40. The molecule has 9 nitrogen and oxygen atoms in total. The number of ether oxygens (including phenoxy) is 4. The molecule has 1 amide bonds. The number of anilines is 1. The van der Waals surface area contributed by atoms with Crippen LogP contribution in [0.3, 0.4) is 0 Å². The summed E-state index contributed by atoms with van der Waals surface area (Å²) < 4.78 is 24.9. The maximum absolute atomic E-state index is 14.5. The van der Waals surface area contributed by atoms with Crippen LogP contribution in [-0.2, 0) is 29.2 Å². The van der Waals surface area contributed by atoms with Gasteiger partial charge in [-0.25, -0.2) is 0 Å². The molecule has 1 atom stereocenters. The zero-order valence-electron chi connectivity index (χ0n) is 26.5. The van der Waals surface area contributed by atoms with Crippen molar-refractivity contribution in [3.63, 3.8) is 0 Å². The number of piperazine rings is 1. The Hall–Kier alpha value is -4.21. The van der Waals surface area contributed by atoms with Crippen LogP contribution in [0.25, 0.3) is 10.9 Å². The molecule has 1 aliphatic heterocycles. The van der Waals surface area contributed by atoms with E-state index in [0.29, 0.717) is 37.7 Å².